The molecule has 4 heterocycles. The maximum Gasteiger partial charge on any atom is 0.350 e. The molecule has 0 radical (unpaired) electrons. The summed E-state index contributed by atoms with van der Waals surface area (Å²) in [6.07, 6.45) is 2.09. The zero-order valence-electron chi connectivity index (χ0n) is 19.3. The van der Waals surface area contributed by atoms with E-state index in [4.69, 9.17) is 27.9 Å². The average Bonchev–Trinajstić information content (AvgIpc) is 3.38. The van der Waals surface area contributed by atoms with Gasteiger partial charge in [-0.15, -0.1) is 0 Å². The number of piperidine rings is 1. The van der Waals surface area contributed by atoms with Crippen molar-refractivity contribution in [2.24, 2.45) is 5.92 Å². The molecule has 1 saturated heterocycles. The van der Waals surface area contributed by atoms with Crippen LogP contribution < -0.4 is 10.2 Å². The molecule has 0 aliphatic carbocycles. The van der Waals surface area contributed by atoms with Gasteiger partial charge in [-0.25, -0.2) is 14.2 Å². The molecule has 0 aromatic carbocycles. The summed E-state index contributed by atoms with van der Waals surface area (Å²) in [4.78, 5) is 39.2. The molecule has 3 aromatic heterocycles. The van der Waals surface area contributed by atoms with Crippen LogP contribution in [0.3, 0.4) is 0 Å². The number of carbonyl (C=O) groups is 2. The highest BCUT2D eigenvalue weighted by Crippen LogP contribution is 2.36. The Morgan fingerprint density at radius 1 is 1.34 bits per heavy atom. The Balaban J connectivity index is 1.52. The van der Waals surface area contributed by atoms with Gasteiger partial charge in [-0.2, -0.15) is 0 Å². The van der Waals surface area contributed by atoms with Crippen molar-refractivity contribution in [2.75, 3.05) is 24.6 Å². The van der Waals surface area contributed by atoms with Crippen molar-refractivity contribution in [3.63, 3.8) is 0 Å². The normalized spacial score (nSPS) is 17.9. The van der Waals surface area contributed by atoms with Gasteiger partial charge >= 0.3 is 5.97 Å². The van der Waals surface area contributed by atoms with Gasteiger partial charge in [0.15, 0.2) is 10.9 Å². The molecule has 0 saturated carbocycles. The Kier molecular flexibility index (Phi) is 7.63. The summed E-state index contributed by atoms with van der Waals surface area (Å²) in [6, 6.07) is 2.65. The monoisotopic (exact) mass is 539 g/mol. The Morgan fingerprint density at radius 2 is 2.11 bits per heavy atom. The first-order chi connectivity index (χ1) is 16.7. The number of aryl methyl sites for hydroxylation is 1. The molecule has 35 heavy (non-hydrogen) atoms. The van der Waals surface area contributed by atoms with Gasteiger partial charge in [0.05, 0.1) is 16.7 Å². The van der Waals surface area contributed by atoms with Crippen molar-refractivity contribution < 1.29 is 18.7 Å². The molecular weight excluding hydrogens is 516 g/mol. The number of hydrogen-bond acceptors (Lipinski definition) is 7. The second-order valence-electron chi connectivity index (χ2n) is 8.27. The molecule has 1 fully saturated rings. The van der Waals surface area contributed by atoms with Gasteiger partial charge in [0.25, 0.3) is 5.91 Å². The van der Waals surface area contributed by atoms with E-state index in [0.29, 0.717) is 35.4 Å². The molecule has 1 aliphatic rings. The predicted molar refractivity (Wildman–Crippen MR) is 134 cm³/mol. The van der Waals surface area contributed by atoms with Crippen LogP contribution in [0.1, 0.15) is 46.1 Å². The summed E-state index contributed by atoms with van der Waals surface area (Å²) in [5.74, 6) is -1.39. The number of ether oxygens (including phenoxy) is 1. The molecule has 1 amide bonds. The van der Waals surface area contributed by atoms with E-state index in [9.17, 15) is 14.0 Å². The number of rotatable bonds is 6. The van der Waals surface area contributed by atoms with Crippen LogP contribution in [0, 0.1) is 18.7 Å². The number of pyridine rings is 1. The Hall–Kier alpha value is -2.69. The zero-order valence-corrected chi connectivity index (χ0v) is 21.7. The van der Waals surface area contributed by atoms with Crippen LogP contribution in [0.25, 0.3) is 11.4 Å². The number of aromatic nitrogens is 3. The number of H-pyrrole nitrogens is 1. The van der Waals surface area contributed by atoms with E-state index in [0.717, 1.165) is 11.3 Å². The SMILES string of the molecule is CCOC(=O)c1sc(N2CC[C@@H](NC(=O)c3[nH]c(C)c(Cl)c3Cl)[C@@H](C)C2)nc1-c1ncccc1F. The molecule has 8 nitrogen and oxygen atoms in total. The van der Waals surface area contributed by atoms with Crippen LogP contribution >= 0.6 is 34.5 Å². The van der Waals surface area contributed by atoms with Gasteiger partial charge in [0.1, 0.15) is 22.0 Å². The number of amides is 1. The molecule has 2 N–H and O–H groups in total. The number of thiazole rings is 1. The molecule has 1 aliphatic heterocycles. The lowest BCUT2D eigenvalue weighted by atomic mass is 9.94. The van der Waals surface area contributed by atoms with E-state index >= 15 is 0 Å². The molecule has 4 rings (SSSR count). The van der Waals surface area contributed by atoms with Gasteiger partial charge in [-0.3, -0.25) is 9.78 Å². The molecule has 2 atom stereocenters. The van der Waals surface area contributed by atoms with Crippen molar-refractivity contribution in [2.45, 2.75) is 33.2 Å². The number of esters is 1. The first-order valence-electron chi connectivity index (χ1n) is 11.1. The van der Waals surface area contributed by atoms with Gasteiger partial charge in [0.2, 0.25) is 0 Å². The number of nitrogens with one attached hydrogen (secondary N) is 2. The smallest absolute Gasteiger partial charge is 0.350 e. The van der Waals surface area contributed by atoms with Crippen LogP contribution in [0.2, 0.25) is 10.0 Å². The zero-order chi connectivity index (χ0) is 25.3. The van der Waals surface area contributed by atoms with Crippen molar-refractivity contribution in [3.8, 4) is 11.4 Å². The van der Waals surface area contributed by atoms with E-state index in [2.05, 4.69) is 20.3 Å². The third-order valence-electron chi connectivity index (χ3n) is 5.83. The van der Waals surface area contributed by atoms with E-state index in [1.54, 1.807) is 13.8 Å². The number of halogens is 3. The summed E-state index contributed by atoms with van der Waals surface area (Å²) in [7, 11) is 0. The van der Waals surface area contributed by atoms with E-state index < -0.39 is 11.8 Å². The minimum atomic E-state index is -0.567. The maximum atomic E-state index is 14.5. The van der Waals surface area contributed by atoms with Gasteiger partial charge in [-0.05, 0) is 38.3 Å². The highest BCUT2D eigenvalue weighted by Gasteiger charge is 2.32. The average molecular weight is 540 g/mol. The molecule has 3 aromatic rings. The molecule has 0 unspecified atom stereocenters. The van der Waals surface area contributed by atoms with Gasteiger partial charge in [0, 0.05) is 31.0 Å². The maximum absolute atomic E-state index is 14.5. The quantitative estimate of drug-likeness (QED) is 0.422. The second kappa shape index (κ2) is 10.5. The number of anilines is 1. The Labute approximate surface area is 215 Å². The van der Waals surface area contributed by atoms with Crippen LogP contribution in [-0.4, -0.2) is 52.6 Å². The lowest BCUT2D eigenvalue weighted by Gasteiger charge is -2.37. The fraction of sp³-hybridized carbons (Fsp3) is 0.391. The first kappa shape index (κ1) is 25.4. The summed E-state index contributed by atoms with van der Waals surface area (Å²) < 4.78 is 19.6. The topological polar surface area (TPSA) is 100 Å². The molecule has 0 bridgehead atoms. The predicted octanol–water partition coefficient (Wildman–Crippen LogP) is 5.11. The van der Waals surface area contributed by atoms with Crippen LogP contribution in [0.4, 0.5) is 9.52 Å². The standard InChI is InChI=1S/C23H24Cl2FN5O3S/c1-4-34-22(33)20-19(17-13(26)6-5-8-27-17)30-23(35-20)31-9-7-14(11(2)10-31)29-21(32)18-16(25)15(24)12(3)28-18/h5-6,8,11,14,28H,4,7,9-10H2,1-3H3,(H,29,32)/t11-,14+/m0/s1. The highest BCUT2D eigenvalue weighted by atomic mass is 35.5. The van der Waals surface area contributed by atoms with Gasteiger partial charge in [-0.1, -0.05) is 41.5 Å². The van der Waals surface area contributed by atoms with E-state index in [1.165, 1.54) is 18.3 Å². The number of carbonyl (C=O) groups excluding carboxylic acids is 2. The van der Waals surface area contributed by atoms with Crippen molar-refractivity contribution in [1.82, 2.24) is 20.3 Å². The minimum Gasteiger partial charge on any atom is -0.462 e. The van der Waals surface area contributed by atoms with Crippen LogP contribution in [-0.2, 0) is 4.74 Å². The van der Waals surface area contributed by atoms with Crippen molar-refractivity contribution in [3.05, 3.63) is 50.5 Å². The summed E-state index contributed by atoms with van der Waals surface area (Å²) in [6.45, 7) is 6.81. The summed E-state index contributed by atoms with van der Waals surface area (Å²) >= 11 is 13.4. The molecule has 12 heteroatoms. The number of hydrogen-bond donors (Lipinski definition) is 2. The van der Waals surface area contributed by atoms with Crippen molar-refractivity contribution >= 4 is 51.5 Å². The third kappa shape index (κ3) is 5.14. The van der Waals surface area contributed by atoms with E-state index in [-0.39, 0.29) is 51.5 Å². The van der Waals surface area contributed by atoms with Gasteiger partial charge < -0.3 is 19.9 Å². The fourth-order valence-electron chi connectivity index (χ4n) is 4.00. The Bertz CT molecular complexity index is 1260. The van der Waals surface area contributed by atoms with Crippen LogP contribution in [0.5, 0.6) is 0 Å². The molecular formula is C23H24Cl2FN5O3S. The largest absolute Gasteiger partial charge is 0.462 e. The fourth-order valence-corrected chi connectivity index (χ4v) is 5.41. The Morgan fingerprint density at radius 3 is 2.74 bits per heavy atom. The third-order valence-corrected chi connectivity index (χ3v) is 7.88. The van der Waals surface area contributed by atoms with Crippen molar-refractivity contribution in [1.29, 1.82) is 0 Å². The summed E-state index contributed by atoms with van der Waals surface area (Å²) in [5, 5.41) is 4.14. The number of nitrogens with zero attached hydrogens (tertiary/aromatic N) is 3. The molecule has 0 spiro atoms. The first-order valence-corrected chi connectivity index (χ1v) is 12.7. The summed E-state index contributed by atoms with van der Waals surface area (Å²) in [5.41, 5.74) is 1.04. The van der Waals surface area contributed by atoms with Crippen LogP contribution in [0.15, 0.2) is 18.3 Å². The van der Waals surface area contributed by atoms with E-state index in [1.807, 2.05) is 11.8 Å². The lowest BCUT2D eigenvalue weighted by molar-refractivity contribution is 0.0532. The highest BCUT2D eigenvalue weighted by molar-refractivity contribution is 7.17. The lowest BCUT2D eigenvalue weighted by Crippen LogP contribution is -2.50. The molecule has 186 valence electrons. The number of aromatic amines is 1. The second-order valence-corrected chi connectivity index (χ2v) is 10.0. The minimum absolute atomic E-state index is 0.00466.